The first kappa shape index (κ1) is 14.2. The van der Waals surface area contributed by atoms with Gasteiger partial charge in [-0.3, -0.25) is 0 Å². The highest BCUT2D eigenvalue weighted by Crippen LogP contribution is 2.04. The molecular weight excluding hydrogens is 190 g/mol. The SMILES string of the molecule is CC(C)CC(CN)NC(=O)NC(C)(C)C. The second-order valence-corrected chi connectivity index (χ2v) is 5.41. The summed E-state index contributed by atoms with van der Waals surface area (Å²) < 4.78 is 0. The fraction of sp³-hybridized carbons (Fsp3) is 0.909. The molecule has 0 saturated carbocycles. The standard InChI is InChI=1S/C11H25N3O/c1-8(2)6-9(7-12)13-10(15)14-11(3,4)5/h8-9H,6-7,12H2,1-5H3,(H2,13,14,15). The predicted octanol–water partition coefficient (Wildman–Crippen LogP) is 1.46. The first-order valence-corrected chi connectivity index (χ1v) is 5.53. The molecule has 2 amide bonds. The lowest BCUT2D eigenvalue weighted by Gasteiger charge is -2.24. The van der Waals surface area contributed by atoms with E-state index in [0.29, 0.717) is 12.5 Å². The van der Waals surface area contributed by atoms with Crippen molar-refractivity contribution in [2.24, 2.45) is 11.7 Å². The van der Waals surface area contributed by atoms with Gasteiger partial charge in [-0.05, 0) is 33.1 Å². The number of nitrogens with two attached hydrogens (primary N) is 1. The number of carbonyl (C=O) groups is 1. The van der Waals surface area contributed by atoms with E-state index in [9.17, 15) is 4.79 Å². The van der Waals surface area contributed by atoms with Gasteiger partial charge in [-0.1, -0.05) is 13.8 Å². The Hall–Kier alpha value is -0.770. The quantitative estimate of drug-likeness (QED) is 0.664. The highest BCUT2D eigenvalue weighted by molar-refractivity contribution is 5.74. The van der Waals surface area contributed by atoms with E-state index in [-0.39, 0.29) is 17.6 Å². The molecule has 0 aliphatic heterocycles. The fourth-order valence-electron chi connectivity index (χ4n) is 1.35. The summed E-state index contributed by atoms with van der Waals surface area (Å²) in [5.74, 6) is 0.536. The van der Waals surface area contributed by atoms with Crippen molar-refractivity contribution in [3.05, 3.63) is 0 Å². The second-order valence-electron chi connectivity index (χ2n) is 5.41. The van der Waals surface area contributed by atoms with Crippen molar-refractivity contribution >= 4 is 6.03 Å². The molecule has 0 saturated heterocycles. The lowest BCUT2D eigenvalue weighted by atomic mass is 10.0. The van der Waals surface area contributed by atoms with Crippen LogP contribution in [0.4, 0.5) is 4.79 Å². The average Bonchev–Trinajstić information content (AvgIpc) is 1.98. The van der Waals surface area contributed by atoms with Gasteiger partial charge in [0.2, 0.25) is 0 Å². The summed E-state index contributed by atoms with van der Waals surface area (Å²) >= 11 is 0. The van der Waals surface area contributed by atoms with E-state index in [2.05, 4.69) is 24.5 Å². The Kier molecular flexibility index (Phi) is 5.65. The highest BCUT2D eigenvalue weighted by Gasteiger charge is 2.16. The number of carbonyl (C=O) groups excluding carboxylic acids is 1. The van der Waals surface area contributed by atoms with Crippen molar-refractivity contribution in [2.75, 3.05) is 6.54 Å². The predicted molar refractivity (Wildman–Crippen MR) is 63.7 cm³/mol. The van der Waals surface area contributed by atoms with Crippen LogP contribution in [-0.2, 0) is 0 Å². The van der Waals surface area contributed by atoms with E-state index in [0.717, 1.165) is 6.42 Å². The van der Waals surface area contributed by atoms with Crippen molar-refractivity contribution < 1.29 is 4.79 Å². The number of urea groups is 1. The average molecular weight is 215 g/mol. The number of amides is 2. The van der Waals surface area contributed by atoms with Crippen LogP contribution in [0.25, 0.3) is 0 Å². The van der Waals surface area contributed by atoms with Crippen LogP contribution in [0.2, 0.25) is 0 Å². The number of nitrogens with one attached hydrogen (secondary N) is 2. The van der Waals surface area contributed by atoms with Gasteiger partial charge >= 0.3 is 6.03 Å². The van der Waals surface area contributed by atoms with E-state index < -0.39 is 0 Å². The van der Waals surface area contributed by atoms with Gasteiger partial charge in [0, 0.05) is 18.1 Å². The molecule has 15 heavy (non-hydrogen) atoms. The van der Waals surface area contributed by atoms with Gasteiger partial charge in [0.15, 0.2) is 0 Å². The molecule has 0 fully saturated rings. The summed E-state index contributed by atoms with van der Waals surface area (Å²) in [6.07, 6.45) is 0.911. The molecule has 4 N–H and O–H groups in total. The second kappa shape index (κ2) is 5.95. The molecular formula is C11H25N3O. The lowest BCUT2D eigenvalue weighted by molar-refractivity contribution is 0.226. The van der Waals surface area contributed by atoms with Crippen LogP contribution in [0.15, 0.2) is 0 Å². The molecule has 0 bridgehead atoms. The first-order valence-electron chi connectivity index (χ1n) is 5.53. The van der Waals surface area contributed by atoms with Crippen LogP contribution in [-0.4, -0.2) is 24.2 Å². The van der Waals surface area contributed by atoms with Crippen LogP contribution >= 0.6 is 0 Å². The molecule has 0 aliphatic carbocycles. The van der Waals surface area contributed by atoms with Gasteiger partial charge in [0.05, 0.1) is 0 Å². The van der Waals surface area contributed by atoms with E-state index in [4.69, 9.17) is 5.73 Å². The maximum Gasteiger partial charge on any atom is 0.315 e. The molecule has 0 aliphatic rings. The van der Waals surface area contributed by atoms with Gasteiger partial charge < -0.3 is 16.4 Å². The van der Waals surface area contributed by atoms with Gasteiger partial charge in [-0.2, -0.15) is 0 Å². The fourth-order valence-corrected chi connectivity index (χ4v) is 1.35. The van der Waals surface area contributed by atoms with E-state index in [1.54, 1.807) is 0 Å². The zero-order chi connectivity index (χ0) is 12.1. The van der Waals surface area contributed by atoms with Crippen LogP contribution < -0.4 is 16.4 Å². The number of hydrogen-bond acceptors (Lipinski definition) is 2. The Morgan fingerprint density at radius 1 is 1.33 bits per heavy atom. The minimum Gasteiger partial charge on any atom is -0.334 e. The van der Waals surface area contributed by atoms with Crippen molar-refractivity contribution in [3.63, 3.8) is 0 Å². The molecule has 1 atom stereocenters. The number of hydrogen-bond donors (Lipinski definition) is 3. The van der Waals surface area contributed by atoms with Crippen molar-refractivity contribution in [2.45, 2.75) is 52.6 Å². The van der Waals surface area contributed by atoms with Crippen LogP contribution in [0.5, 0.6) is 0 Å². The Morgan fingerprint density at radius 3 is 2.20 bits per heavy atom. The highest BCUT2D eigenvalue weighted by atomic mass is 16.2. The molecule has 0 aromatic rings. The Bertz CT molecular complexity index is 196. The Morgan fingerprint density at radius 2 is 1.87 bits per heavy atom. The summed E-state index contributed by atoms with van der Waals surface area (Å²) in [6, 6.07) is -0.0778. The van der Waals surface area contributed by atoms with Crippen LogP contribution in [0, 0.1) is 5.92 Å². The Labute approximate surface area is 93.0 Å². The first-order chi connectivity index (χ1) is 6.74. The molecule has 0 aromatic carbocycles. The monoisotopic (exact) mass is 215 g/mol. The third kappa shape index (κ3) is 8.24. The van der Waals surface area contributed by atoms with Crippen molar-refractivity contribution in [1.29, 1.82) is 0 Å². The van der Waals surface area contributed by atoms with Crippen molar-refractivity contribution in [3.8, 4) is 0 Å². The molecule has 0 aromatic heterocycles. The van der Waals surface area contributed by atoms with Gasteiger partial charge in [0.25, 0.3) is 0 Å². The summed E-state index contributed by atoms with van der Waals surface area (Å²) in [4.78, 5) is 11.5. The third-order valence-corrected chi connectivity index (χ3v) is 1.86. The minimum atomic E-state index is -0.207. The normalized spacial score (nSPS) is 13.8. The van der Waals surface area contributed by atoms with E-state index in [1.165, 1.54) is 0 Å². The number of rotatable bonds is 4. The molecule has 90 valence electrons. The van der Waals surface area contributed by atoms with Gasteiger partial charge in [-0.15, -0.1) is 0 Å². The molecule has 4 nitrogen and oxygen atoms in total. The van der Waals surface area contributed by atoms with Crippen LogP contribution in [0.3, 0.4) is 0 Å². The lowest BCUT2D eigenvalue weighted by Crippen LogP contribution is -2.51. The maximum atomic E-state index is 11.5. The minimum absolute atomic E-state index is 0.0624. The molecule has 0 radical (unpaired) electrons. The van der Waals surface area contributed by atoms with E-state index >= 15 is 0 Å². The summed E-state index contributed by atoms with van der Waals surface area (Å²) in [7, 11) is 0. The van der Waals surface area contributed by atoms with Crippen LogP contribution in [0.1, 0.15) is 41.0 Å². The maximum absolute atomic E-state index is 11.5. The summed E-state index contributed by atoms with van der Waals surface area (Å²) in [6.45, 7) is 10.6. The smallest absolute Gasteiger partial charge is 0.315 e. The van der Waals surface area contributed by atoms with Gasteiger partial charge in [0.1, 0.15) is 0 Å². The van der Waals surface area contributed by atoms with Crippen molar-refractivity contribution in [1.82, 2.24) is 10.6 Å². The largest absolute Gasteiger partial charge is 0.334 e. The summed E-state index contributed by atoms with van der Waals surface area (Å²) in [5.41, 5.74) is 5.38. The Balaban J connectivity index is 4.02. The zero-order valence-corrected chi connectivity index (χ0v) is 10.6. The third-order valence-electron chi connectivity index (χ3n) is 1.86. The topological polar surface area (TPSA) is 67.1 Å². The molecule has 0 heterocycles. The van der Waals surface area contributed by atoms with Gasteiger partial charge in [-0.25, -0.2) is 4.79 Å². The molecule has 0 rings (SSSR count). The zero-order valence-electron chi connectivity index (χ0n) is 10.6. The molecule has 0 spiro atoms. The molecule has 1 unspecified atom stereocenters. The molecule has 4 heteroatoms. The van der Waals surface area contributed by atoms with E-state index in [1.807, 2.05) is 20.8 Å². The summed E-state index contributed by atoms with van der Waals surface area (Å²) in [5, 5.41) is 5.73.